The van der Waals surface area contributed by atoms with Crippen LogP contribution in [-0.4, -0.2) is 10.8 Å². The van der Waals surface area contributed by atoms with Gasteiger partial charge in [0.1, 0.15) is 11.6 Å². The first-order valence-electron chi connectivity index (χ1n) is 6.54. The van der Waals surface area contributed by atoms with Gasteiger partial charge in [-0.05, 0) is 41.8 Å². The molecular weight excluding hydrogens is 260 g/mol. The maximum atomic E-state index is 13.9. The lowest BCUT2D eigenvalue weighted by Gasteiger charge is -2.08. The number of carbonyl (C=O) groups is 1. The Morgan fingerprint density at radius 2 is 1.75 bits per heavy atom. The topological polar surface area (TPSA) is 30.0 Å². The largest absolute Gasteiger partial charge is 0.294 e. The molecule has 0 saturated carbocycles. The Balaban J connectivity index is 2.51. The summed E-state index contributed by atoms with van der Waals surface area (Å²) < 4.78 is 27.9. The van der Waals surface area contributed by atoms with Crippen molar-refractivity contribution in [3.8, 4) is 11.1 Å². The summed E-state index contributed by atoms with van der Waals surface area (Å²) in [6, 6.07) is 5.87. The summed E-state index contributed by atoms with van der Waals surface area (Å²) in [6.45, 7) is 3.53. The molecule has 4 heteroatoms. The van der Waals surface area contributed by atoms with E-state index >= 15 is 0 Å². The van der Waals surface area contributed by atoms with E-state index in [1.807, 2.05) is 6.92 Å². The van der Waals surface area contributed by atoms with Crippen LogP contribution < -0.4 is 0 Å². The highest BCUT2D eigenvalue weighted by atomic mass is 19.1. The number of nitrogens with zero attached hydrogens (tertiary/aromatic N) is 1. The Bertz CT molecular complexity index is 630. The lowest BCUT2D eigenvalue weighted by Crippen LogP contribution is -2.05. The molecule has 0 amide bonds. The summed E-state index contributed by atoms with van der Waals surface area (Å²) in [6.07, 6.45) is 2.42. The molecule has 1 heterocycles. The number of aryl methyl sites for hydroxylation is 1. The third kappa shape index (κ3) is 2.74. The summed E-state index contributed by atoms with van der Waals surface area (Å²) >= 11 is 0. The van der Waals surface area contributed by atoms with E-state index in [4.69, 9.17) is 0 Å². The summed E-state index contributed by atoms with van der Waals surface area (Å²) in [7, 11) is 0. The molecule has 0 radical (unpaired) electrons. The predicted molar refractivity (Wildman–Crippen MR) is 73.6 cm³/mol. The minimum atomic E-state index is -0.818. The molecule has 0 N–H and O–H groups in total. The van der Waals surface area contributed by atoms with Gasteiger partial charge in [0, 0.05) is 18.3 Å². The first-order valence-corrected chi connectivity index (χ1v) is 6.54. The van der Waals surface area contributed by atoms with E-state index in [0.29, 0.717) is 11.1 Å². The van der Waals surface area contributed by atoms with Crippen molar-refractivity contribution in [2.45, 2.75) is 26.7 Å². The van der Waals surface area contributed by atoms with Crippen LogP contribution in [0.4, 0.5) is 8.78 Å². The second-order valence-corrected chi connectivity index (χ2v) is 4.48. The molecule has 104 valence electrons. The first-order chi connectivity index (χ1) is 9.56. The zero-order valence-corrected chi connectivity index (χ0v) is 11.4. The van der Waals surface area contributed by atoms with Gasteiger partial charge in [-0.25, -0.2) is 8.78 Å². The van der Waals surface area contributed by atoms with Crippen LogP contribution in [0.2, 0.25) is 0 Å². The van der Waals surface area contributed by atoms with Crippen molar-refractivity contribution < 1.29 is 13.6 Å². The molecule has 0 saturated heterocycles. The van der Waals surface area contributed by atoms with Crippen LogP contribution in [0, 0.1) is 11.6 Å². The van der Waals surface area contributed by atoms with Crippen LogP contribution in [0.5, 0.6) is 0 Å². The molecule has 0 unspecified atom stereocenters. The Hall–Kier alpha value is -2.10. The van der Waals surface area contributed by atoms with Gasteiger partial charge in [-0.15, -0.1) is 0 Å². The standard InChI is InChI=1S/C16H15F2NO/c1-3-12-7-10(5-6-19-12)11-8-13(17)16(14(18)9-11)15(20)4-2/h5-9H,3-4H2,1-2H3. The molecule has 0 aliphatic carbocycles. The van der Waals surface area contributed by atoms with Gasteiger partial charge in [0.2, 0.25) is 0 Å². The lowest BCUT2D eigenvalue weighted by molar-refractivity contribution is 0.0980. The summed E-state index contributed by atoms with van der Waals surface area (Å²) in [5, 5.41) is 0. The second-order valence-electron chi connectivity index (χ2n) is 4.48. The van der Waals surface area contributed by atoms with Crippen molar-refractivity contribution >= 4 is 5.78 Å². The second kappa shape index (κ2) is 5.90. The zero-order chi connectivity index (χ0) is 14.7. The fraction of sp³-hybridized carbons (Fsp3) is 0.250. The molecule has 20 heavy (non-hydrogen) atoms. The van der Waals surface area contributed by atoms with Crippen LogP contribution >= 0.6 is 0 Å². The zero-order valence-electron chi connectivity index (χ0n) is 11.4. The highest BCUT2D eigenvalue weighted by Gasteiger charge is 2.17. The molecule has 1 aromatic carbocycles. The number of benzene rings is 1. The van der Waals surface area contributed by atoms with Crippen molar-refractivity contribution in [3.05, 3.63) is 53.4 Å². The van der Waals surface area contributed by atoms with Gasteiger partial charge in [-0.2, -0.15) is 0 Å². The van der Waals surface area contributed by atoms with E-state index < -0.39 is 23.0 Å². The third-order valence-electron chi connectivity index (χ3n) is 3.15. The van der Waals surface area contributed by atoms with Gasteiger partial charge in [0.15, 0.2) is 5.78 Å². The first kappa shape index (κ1) is 14.3. The molecule has 0 atom stereocenters. The van der Waals surface area contributed by atoms with E-state index in [1.54, 1.807) is 25.3 Å². The molecular formula is C16H15F2NO. The average molecular weight is 275 g/mol. The summed E-state index contributed by atoms with van der Waals surface area (Å²) in [5.41, 5.74) is 1.48. The Morgan fingerprint density at radius 1 is 1.10 bits per heavy atom. The smallest absolute Gasteiger partial charge is 0.168 e. The van der Waals surface area contributed by atoms with Gasteiger partial charge in [0.05, 0.1) is 5.56 Å². The Kier molecular flexibility index (Phi) is 4.23. The van der Waals surface area contributed by atoms with E-state index in [-0.39, 0.29) is 6.42 Å². The fourth-order valence-electron chi connectivity index (χ4n) is 2.03. The predicted octanol–water partition coefficient (Wildman–Crippen LogP) is 4.18. The summed E-state index contributed by atoms with van der Waals surface area (Å²) in [4.78, 5) is 15.7. The maximum absolute atomic E-state index is 13.9. The Labute approximate surface area is 116 Å². The van der Waals surface area contributed by atoms with Gasteiger partial charge in [-0.3, -0.25) is 9.78 Å². The average Bonchev–Trinajstić information content (AvgIpc) is 2.46. The highest BCUT2D eigenvalue weighted by molar-refractivity contribution is 5.96. The number of rotatable bonds is 4. The molecule has 2 aromatic rings. The van der Waals surface area contributed by atoms with Crippen LogP contribution in [0.15, 0.2) is 30.5 Å². The number of carbonyl (C=O) groups excluding carboxylic acids is 1. The third-order valence-corrected chi connectivity index (χ3v) is 3.15. The van der Waals surface area contributed by atoms with Crippen LogP contribution in [0.25, 0.3) is 11.1 Å². The normalized spacial score (nSPS) is 10.6. The molecule has 2 nitrogen and oxygen atoms in total. The van der Waals surface area contributed by atoms with E-state index in [0.717, 1.165) is 12.1 Å². The van der Waals surface area contributed by atoms with Gasteiger partial charge >= 0.3 is 0 Å². The number of aromatic nitrogens is 1. The lowest BCUT2D eigenvalue weighted by atomic mass is 10.00. The van der Waals surface area contributed by atoms with E-state index in [9.17, 15) is 13.6 Å². The number of hydrogen-bond donors (Lipinski definition) is 0. The number of pyridine rings is 1. The summed E-state index contributed by atoms with van der Waals surface area (Å²) in [5.74, 6) is -2.17. The van der Waals surface area contributed by atoms with Crippen molar-refractivity contribution in [1.29, 1.82) is 0 Å². The van der Waals surface area contributed by atoms with Gasteiger partial charge < -0.3 is 0 Å². The van der Waals surface area contributed by atoms with Crippen molar-refractivity contribution in [3.63, 3.8) is 0 Å². The molecule has 0 aliphatic rings. The Morgan fingerprint density at radius 3 is 2.30 bits per heavy atom. The number of ketones is 1. The van der Waals surface area contributed by atoms with Crippen LogP contribution in [0.1, 0.15) is 36.3 Å². The molecule has 0 spiro atoms. The minimum Gasteiger partial charge on any atom is -0.294 e. The molecule has 0 aliphatic heterocycles. The molecule has 2 rings (SSSR count). The van der Waals surface area contributed by atoms with Crippen molar-refractivity contribution in [2.24, 2.45) is 0 Å². The minimum absolute atomic E-state index is 0.0719. The molecule has 0 fully saturated rings. The van der Waals surface area contributed by atoms with E-state index in [2.05, 4.69) is 4.98 Å². The monoisotopic (exact) mass is 275 g/mol. The van der Waals surface area contributed by atoms with Crippen LogP contribution in [-0.2, 0) is 6.42 Å². The van der Waals surface area contributed by atoms with Crippen LogP contribution in [0.3, 0.4) is 0 Å². The van der Waals surface area contributed by atoms with Gasteiger partial charge in [-0.1, -0.05) is 13.8 Å². The number of Topliss-reactive ketones (excluding diaryl/α,β-unsaturated/α-hetero) is 1. The number of halogens is 2. The quantitative estimate of drug-likeness (QED) is 0.783. The van der Waals surface area contributed by atoms with E-state index in [1.165, 1.54) is 12.1 Å². The SMILES string of the molecule is CCC(=O)c1c(F)cc(-c2ccnc(CC)c2)cc1F. The fourth-order valence-corrected chi connectivity index (χ4v) is 2.03. The van der Waals surface area contributed by atoms with Gasteiger partial charge in [0.25, 0.3) is 0 Å². The molecule has 1 aromatic heterocycles. The molecule has 0 bridgehead atoms. The van der Waals surface area contributed by atoms with Crippen molar-refractivity contribution in [1.82, 2.24) is 4.98 Å². The maximum Gasteiger partial charge on any atom is 0.168 e. The highest BCUT2D eigenvalue weighted by Crippen LogP contribution is 2.25. The number of hydrogen-bond acceptors (Lipinski definition) is 2. The van der Waals surface area contributed by atoms with Crippen molar-refractivity contribution in [2.75, 3.05) is 0 Å².